The molecular weight excluding hydrogens is 428 g/mol. The standard InChI is InChI=1S/C27H28N4O3/c32-25-17-24(30-31(25)21-9-2-1-3-10-21)27(34)29-23(26(33)22-11-6-14-28-22)16-18-12-13-19-7-4-5-8-20(19)15-18/h1-5,7-10,12-13,15,22-23,26,28,33H,6,11,14,16-17H2,(H,29,34)/t22-,23?,26+/m1/s1. The molecule has 1 unspecified atom stereocenters. The van der Waals surface area contributed by atoms with Crippen LogP contribution in [0.1, 0.15) is 24.8 Å². The number of nitrogens with one attached hydrogen (secondary N) is 2. The van der Waals surface area contributed by atoms with E-state index in [1.165, 1.54) is 5.01 Å². The van der Waals surface area contributed by atoms with Gasteiger partial charge in [-0.25, -0.2) is 0 Å². The van der Waals surface area contributed by atoms with E-state index in [1.54, 1.807) is 12.1 Å². The summed E-state index contributed by atoms with van der Waals surface area (Å²) in [5.74, 6) is -0.671. The number of hydrazone groups is 1. The molecule has 1 fully saturated rings. The summed E-state index contributed by atoms with van der Waals surface area (Å²) in [6.45, 7) is 0.853. The number of amides is 2. The van der Waals surface area contributed by atoms with E-state index >= 15 is 0 Å². The highest BCUT2D eigenvalue weighted by Crippen LogP contribution is 2.22. The summed E-state index contributed by atoms with van der Waals surface area (Å²) >= 11 is 0. The summed E-state index contributed by atoms with van der Waals surface area (Å²) in [4.78, 5) is 25.7. The van der Waals surface area contributed by atoms with E-state index in [9.17, 15) is 14.7 Å². The topological polar surface area (TPSA) is 94.0 Å². The van der Waals surface area contributed by atoms with Crippen LogP contribution in [0.5, 0.6) is 0 Å². The van der Waals surface area contributed by atoms with Gasteiger partial charge >= 0.3 is 0 Å². The second-order valence-electron chi connectivity index (χ2n) is 8.92. The van der Waals surface area contributed by atoms with Gasteiger partial charge in [-0.05, 0) is 54.3 Å². The highest BCUT2D eigenvalue weighted by Gasteiger charge is 2.34. The lowest BCUT2D eigenvalue weighted by molar-refractivity contribution is -0.119. The molecule has 2 aliphatic rings. The number of rotatable bonds is 7. The molecule has 34 heavy (non-hydrogen) atoms. The normalized spacial score (nSPS) is 19.8. The van der Waals surface area contributed by atoms with Crippen molar-refractivity contribution < 1.29 is 14.7 Å². The summed E-state index contributed by atoms with van der Waals surface area (Å²) in [5.41, 5.74) is 1.80. The third-order valence-corrected chi connectivity index (χ3v) is 6.55. The molecule has 2 amide bonds. The van der Waals surface area contributed by atoms with Gasteiger partial charge in [-0.2, -0.15) is 10.1 Å². The van der Waals surface area contributed by atoms with E-state index in [-0.39, 0.29) is 24.1 Å². The van der Waals surface area contributed by atoms with Gasteiger partial charge in [-0.15, -0.1) is 0 Å². The van der Waals surface area contributed by atoms with E-state index in [2.05, 4.69) is 40.0 Å². The Bertz CT molecular complexity index is 1220. The molecule has 0 saturated carbocycles. The van der Waals surface area contributed by atoms with Crippen LogP contribution >= 0.6 is 0 Å². The predicted octanol–water partition coefficient (Wildman–Crippen LogP) is 2.77. The number of anilines is 1. The zero-order valence-corrected chi connectivity index (χ0v) is 18.9. The highest BCUT2D eigenvalue weighted by atomic mass is 16.3. The first-order chi connectivity index (χ1) is 16.6. The number of aliphatic hydroxyl groups is 1. The number of para-hydroxylation sites is 1. The van der Waals surface area contributed by atoms with Crippen molar-refractivity contribution in [1.82, 2.24) is 10.6 Å². The molecule has 0 spiro atoms. The molecular formula is C27H28N4O3. The monoisotopic (exact) mass is 456 g/mol. The average Bonchev–Trinajstić information content (AvgIpc) is 3.54. The molecule has 7 nitrogen and oxygen atoms in total. The molecule has 3 aromatic rings. The smallest absolute Gasteiger partial charge is 0.268 e. The van der Waals surface area contributed by atoms with E-state index in [1.807, 2.05) is 36.4 Å². The van der Waals surface area contributed by atoms with E-state index in [0.717, 1.165) is 35.7 Å². The van der Waals surface area contributed by atoms with Gasteiger partial charge < -0.3 is 15.7 Å². The number of hydrogen-bond donors (Lipinski definition) is 3. The molecule has 0 bridgehead atoms. The minimum atomic E-state index is -0.763. The maximum Gasteiger partial charge on any atom is 0.268 e. The van der Waals surface area contributed by atoms with Crippen LogP contribution < -0.4 is 15.6 Å². The van der Waals surface area contributed by atoms with Crippen molar-refractivity contribution in [1.29, 1.82) is 0 Å². The molecule has 3 N–H and O–H groups in total. The number of carbonyl (C=O) groups is 2. The predicted molar refractivity (Wildman–Crippen MR) is 133 cm³/mol. The second kappa shape index (κ2) is 9.75. The van der Waals surface area contributed by atoms with E-state index < -0.39 is 18.1 Å². The Balaban J connectivity index is 1.36. The summed E-state index contributed by atoms with van der Waals surface area (Å²) in [7, 11) is 0. The zero-order chi connectivity index (χ0) is 23.5. The summed E-state index contributed by atoms with van der Waals surface area (Å²) < 4.78 is 0. The van der Waals surface area contributed by atoms with Crippen LogP contribution in [0, 0.1) is 0 Å². The number of benzene rings is 3. The van der Waals surface area contributed by atoms with Crippen LogP contribution in [0.3, 0.4) is 0 Å². The molecule has 1 saturated heterocycles. The number of hydrogen-bond acceptors (Lipinski definition) is 5. The van der Waals surface area contributed by atoms with Gasteiger partial charge in [0.05, 0.1) is 24.3 Å². The van der Waals surface area contributed by atoms with Gasteiger partial charge in [-0.1, -0.05) is 60.7 Å². The number of carbonyl (C=O) groups excluding carboxylic acids is 2. The average molecular weight is 457 g/mol. The summed E-state index contributed by atoms with van der Waals surface area (Å²) in [6, 6.07) is 22.7. The van der Waals surface area contributed by atoms with Crippen molar-refractivity contribution in [2.24, 2.45) is 5.10 Å². The quantitative estimate of drug-likeness (QED) is 0.510. The van der Waals surface area contributed by atoms with Crippen molar-refractivity contribution in [2.75, 3.05) is 11.6 Å². The van der Waals surface area contributed by atoms with Gasteiger partial charge in [0.15, 0.2) is 0 Å². The van der Waals surface area contributed by atoms with Crippen molar-refractivity contribution in [3.8, 4) is 0 Å². The van der Waals surface area contributed by atoms with E-state index in [0.29, 0.717) is 12.1 Å². The maximum atomic E-state index is 13.1. The second-order valence-corrected chi connectivity index (χ2v) is 8.92. The van der Waals surface area contributed by atoms with Crippen molar-refractivity contribution >= 4 is 34.0 Å². The molecule has 0 radical (unpaired) electrons. The lowest BCUT2D eigenvalue weighted by atomic mass is 9.94. The van der Waals surface area contributed by atoms with Crippen LogP contribution in [-0.4, -0.2) is 47.4 Å². The summed E-state index contributed by atoms with van der Waals surface area (Å²) in [5, 5.41) is 25.3. The minimum Gasteiger partial charge on any atom is -0.389 e. The van der Waals surface area contributed by atoms with Crippen LogP contribution in [0.2, 0.25) is 0 Å². The SMILES string of the molecule is O=C(NC(Cc1ccc2ccccc2c1)[C@@H](O)[C@H]1CCCN1)C1=NN(c2ccccc2)C(=O)C1. The molecule has 3 atom stereocenters. The highest BCUT2D eigenvalue weighted by molar-refractivity contribution is 6.44. The molecule has 0 aromatic heterocycles. The molecule has 5 rings (SSSR count). The molecule has 0 aliphatic carbocycles. The molecule has 2 heterocycles. The Kier molecular flexibility index (Phi) is 6.38. The number of nitrogens with zero attached hydrogens (tertiary/aromatic N) is 2. The molecule has 174 valence electrons. The number of aliphatic hydroxyl groups excluding tert-OH is 1. The lowest BCUT2D eigenvalue weighted by Crippen LogP contribution is -2.53. The van der Waals surface area contributed by atoms with Gasteiger partial charge in [-0.3, -0.25) is 9.59 Å². The first-order valence-corrected chi connectivity index (χ1v) is 11.7. The molecule has 3 aromatic carbocycles. The van der Waals surface area contributed by atoms with Crippen molar-refractivity contribution in [3.05, 3.63) is 78.4 Å². The zero-order valence-electron chi connectivity index (χ0n) is 18.9. The first kappa shape index (κ1) is 22.3. The van der Waals surface area contributed by atoms with Gasteiger partial charge in [0.1, 0.15) is 5.71 Å². The van der Waals surface area contributed by atoms with Gasteiger partial charge in [0.25, 0.3) is 11.8 Å². The van der Waals surface area contributed by atoms with Crippen molar-refractivity contribution in [2.45, 2.75) is 43.9 Å². The Morgan fingerprint density at radius 3 is 2.62 bits per heavy atom. The molecule has 7 heteroatoms. The van der Waals surface area contributed by atoms with E-state index in [4.69, 9.17) is 0 Å². The fourth-order valence-corrected chi connectivity index (χ4v) is 4.74. The Hall–Kier alpha value is -3.55. The van der Waals surface area contributed by atoms with Gasteiger partial charge in [0.2, 0.25) is 0 Å². The maximum absolute atomic E-state index is 13.1. The fourth-order valence-electron chi connectivity index (χ4n) is 4.74. The third kappa shape index (κ3) is 4.71. The van der Waals surface area contributed by atoms with Crippen LogP contribution in [0.15, 0.2) is 77.9 Å². The third-order valence-electron chi connectivity index (χ3n) is 6.55. The fraction of sp³-hybridized carbons (Fsp3) is 0.296. The largest absolute Gasteiger partial charge is 0.389 e. The van der Waals surface area contributed by atoms with Crippen LogP contribution in [-0.2, 0) is 16.0 Å². The lowest BCUT2D eigenvalue weighted by Gasteiger charge is -2.28. The van der Waals surface area contributed by atoms with Gasteiger partial charge in [0, 0.05) is 6.04 Å². The first-order valence-electron chi connectivity index (χ1n) is 11.7. The van der Waals surface area contributed by atoms with Crippen LogP contribution in [0.25, 0.3) is 10.8 Å². The minimum absolute atomic E-state index is 0.0683. The van der Waals surface area contributed by atoms with Crippen molar-refractivity contribution in [3.63, 3.8) is 0 Å². The summed E-state index contributed by atoms with van der Waals surface area (Å²) in [6.07, 6.45) is 1.49. The molecule has 2 aliphatic heterocycles. The van der Waals surface area contributed by atoms with Crippen LogP contribution in [0.4, 0.5) is 5.69 Å². The Morgan fingerprint density at radius 1 is 1.09 bits per heavy atom. The number of fused-ring (bicyclic) bond motifs is 1. The Labute approximate surface area is 198 Å². The Morgan fingerprint density at radius 2 is 1.85 bits per heavy atom.